The second-order valence-corrected chi connectivity index (χ2v) is 5.37. The topological polar surface area (TPSA) is 55.1 Å². The predicted molar refractivity (Wildman–Crippen MR) is 77.2 cm³/mol. The van der Waals surface area contributed by atoms with E-state index in [2.05, 4.69) is 33.0 Å². The van der Waals surface area contributed by atoms with Gasteiger partial charge in [0.15, 0.2) is 0 Å². The van der Waals surface area contributed by atoms with Crippen LogP contribution in [0.1, 0.15) is 16.8 Å². The highest BCUT2D eigenvalue weighted by molar-refractivity contribution is 9.10. The van der Waals surface area contributed by atoms with Gasteiger partial charge < -0.3 is 9.67 Å². The molecule has 0 fully saturated rings. The number of imidazole rings is 1. The van der Waals surface area contributed by atoms with Crippen molar-refractivity contribution in [1.29, 1.82) is 0 Å². The molecule has 0 aliphatic rings. The number of aromatic nitrogens is 2. The van der Waals surface area contributed by atoms with Crippen molar-refractivity contribution in [3.8, 4) is 11.4 Å². The molecule has 2 rings (SSSR count). The number of hydrogen-bond acceptors (Lipinski definition) is 2. The van der Waals surface area contributed by atoms with E-state index in [1.165, 1.54) is 0 Å². The molecule has 0 unspecified atom stereocenters. The molecule has 0 amide bonds. The van der Waals surface area contributed by atoms with Gasteiger partial charge in [-0.3, -0.25) is 4.79 Å². The van der Waals surface area contributed by atoms with Crippen molar-refractivity contribution in [2.45, 2.75) is 20.3 Å². The van der Waals surface area contributed by atoms with E-state index in [1.54, 1.807) is 0 Å². The molecule has 1 N–H and O–H groups in total. The van der Waals surface area contributed by atoms with Crippen molar-refractivity contribution < 1.29 is 9.90 Å². The Hall–Kier alpha value is -1.62. The summed E-state index contributed by atoms with van der Waals surface area (Å²) in [5, 5.41) is 8.89. The molecular weight excluding hydrogens is 308 g/mol. The van der Waals surface area contributed by atoms with Crippen molar-refractivity contribution in [3.05, 3.63) is 39.6 Å². The summed E-state index contributed by atoms with van der Waals surface area (Å²) in [6, 6.07) is 6.16. The smallest absolute Gasteiger partial charge is 0.309 e. The average Bonchev–Trinajstić information content (AvgIpc) is 2.60. The Kier molecular flexibility index (Phi) is 3.75. The molecule has 4 nitrogen and oxygen atoms in total. The third kappa shape index (κ3) is 2.71. The number of benzene rings is 1. The summed E-state index contributed by atoms with van der Waals surface area (Å²) in [4.78, 5) is 15.3. The molecule has 1 aromatic heterocycles. The minimum atomic E-state index is -0.883. The molecule has 1 aromatic carbocycles. The molecule has 0 saturated carbocycles. The fourth-order valence-electron chi connectivity index (χ4n) is 2.01. The highest BCUT2D eigenvalue weighted by Crippen LogP contribution is 2.28. The van der Waals surface area contributed by atoms with Crippen molar-refractivity contribution in [2.75, 3.05) is 0 Å². The van der Waals surface area contributed by atoms with Gasteiger partial charge in [0.25, 0.3) is 0 Å². The number of nitrogens with zero attached hydrogens (tertiary/aromatic N) is 2. The van der Waals surface area contributed by atoms with Crippen molar-refractivity contribution in [1.82, 2.24) is 9.55 Å². The Balaban J connectivity index is 2.57. The van der Waals surface area contributed by atoms with Crippen LogP contribution in [0.15, 0.2) is 22.8 Å². The van der Waals surface area contributed by atoms with Gasteiger partial charge in [-0.25, -0.2) is 4.98 Å². The number of aliphatic carboxylic acids is 1. The average molecular weight is 323 g/mol. The molecule has 0 aliphatic carbocycles. The first kappa shape index (κ1) is 13.8. The van der Waals surface area contributed by atoms with Gasteiger partial charge in [0.05, 0.1) is 12.1 Å². The van der Waals surface area contributed by atoms with Crippen molar-refractivity contribution in [2.24, 2.45) is 7.05 Å². The zero-order valence-electron chi connectivity index (χ0n) is 11.1. The maximum absolute atomic E-state index is 10.8. The quantitative estimate of drug-likeness (QED) is 0.944. The summed E-state index contributed by atoms with van der Waals surface area (Å²) in [7, 11) is 1.87. The first-order valence-electron chi connectivity index (χ1n) is 5.90. The van der Waals surface area contributed by atoms with E-state index >= 15 is 0 Å². The summed E-state index contributed by atoms with van der Waals surface area (Å²) in [5.41, 5.74) is 3.85. The first-order valence-corrected chi connectivity index (χ1v) is 6.70. The molecule has 0 aliphatic heterocycles. The third-order valence-corrected chi connectivity index (χ3v) is 4.03. The molecule has 0 saturated heterocycles. The van der Waals surface area contributed by atoms with Gasteiger partial charge in [-0.05, 0) is 41.4 Å². The van der Waals surface area contributed by atoms with Gasteiger partial charge in [0, 0.05) is 12.6 Å². The lowest BCUT2D eigenvalue weighted by atomic mass is 10.1. The Labute approximate surface area is 120 Å². The summed E-state index contributed by atoms with van der Waals surface area (Å²) >= 11 is 3.41. The molecule has 0 bridgehead atoms. The van der Waals surface area contributed by atoms with Crippen LogP contribution in [0.5, 0.6) is 0 Å². The van der Waals surface area contributed by atoms with E-state index in [9.17, 15) is 4.79 Å². The van der Waals surface area contributed by atoms with E-state index in [1.807, 2.05) is 31.5 Å². The molecule has 2 aromatic rings. The maximum atomic E-state index is 10.8. The lowest BCUT2D eigenvalue weighted by molar-refractivity contribution is -0.136. The number of carboxylic acid groups (broad SMARTS) is 1. The van der Waals surface area contributed by atoms with Gasteiger partial charge in [0.1, 0.15) is 10.4 Å². The second kappa shape index (κ2) is 5.17. The summed E-state index contributed by atoms with van der Waals surface area (Å²) < 4.78 is 2.59. The Morgan fingerprint density at radius 1 is 1.42 bits per heavy atom. The van der Waals surface area contributed by atoms with Crippen LogP contribution in [-0.4, -0.2) is 20.6 Å². The fraction of sp³-hybridized carbons (Fsp3) is 0.286. The van der Waals surface area contributed by atoms with Crippen LogP contribution in [0, 0.1) is 13.8 Å². The summed E-state index contributed by atoms with van der Waals surface area (Å²) in [6.45, 7) is 4.05. The summed E-state index contributed by atoms with van der Waals surface area (Å²) in [5.74, 6) is -0.101. The van der Waals surface area contributed by atoms with Crippen LogP contribution in [0.2, 0.25) is 0 Å². The summed E-state index contributed by atoms with van der Waals surface area (Å²) in [6.07, 6.45) is -0.0840. The highest BCUT2D eigenvalue weighted by Gasteiger charge is 2.17. The van der Waals surface area contributed by atoms with Gasteiger partial charge in [-0.15, -0.1) is 0 Å². The molecule has 0 atom stereocenters. The number of halogens is 1. The largest absolute Gasteiger partial charge is 0.481 e. The lowest BCUT2D eigenvalue weighted by Crippen LogP contribution is -2.01. The molecule has 100 valence electrons. The third-order valence-electron chi connectivity index (χ3n) is 3.04. The first-order chi connectivity index (χ1) is 8.90. The molecule has 1 heterocycles. The van der Waals surface area contributed by atoms with Gasteiger partial charge >= 0.3 is 5.97 Å². The standard InChI is InChI=1S/C14H15BrN2O2/c1-8-4-5-9(2)10(6-8)14-16-11(7-12(18)19)13(15)17(14)3/h4-6H,7H2,1-3H3,(H,18,19). The molecular formula is C14H15BrN2O2. The lowest BCUT2D eigenvalue weighted by Gasteiger charge is -2.07. The number of hydrogen-bond donors (Lipinski definition) is 1. The van der Waals surface area contributed by atoms with Crippen LogP contribution >= 0.6 is 15.9 Å². The normalized spacial score (nSPS) is 10.7. The van der Waals surface area contributed by atoms with Crippen LogP contribution < -0.4 is 0 Å². The van der Waals surface area contributed by atoms with E-state index in [4.69, 9.17) is 5.11 Å². The predicted octanol–water partition coefficient (Wildman–Crippen LogP) is 3.09. The van der Waals surface area contributed by atoms with Crippen molar-refractivity contribution in [3.63, 3.8) is 0 Å². The van der Waals surface area contributed by atoms with E-state index in [0.717, 1.165) is 22.5 Å². The zero-order valence-corrected chi connectivity index (χ0v) is 12.7. The minimum absolute atomic E-state index is 0.0840. The monoisotopic (exact) mass is 322 g/mol. The van der Waals surface area contributed by atoms with E-state index in [-0.39, 0.29) is 6.42 Å². The maximum Gasteiger partial charge on any atom is 0.309 e. The van der Waals surface area contributed by atoms with Crippen molar-refractivity contribution >= 4 is 21.9 Å². The number of carbonyl (C=O) groups is 1. The van der Waals surface area contributed by atoms with E-state index in [0.29, 0.717) is 10.3 Å². The Morgan fingerprint density at radius 3 is 2.74 bits per heavy atom. The zero-order chi connectivity index (χ0) is 14.2. The van der Waals surface area contributed by atoms with E-state index < -0.39 is 5.97 Å². The molecule has 0 radical (unpaired) electrons. The van der Waals surface area contributed by atoms with Crippen LogP contribution in [0.3, 0.4) is 0 Å². The van der Waals surface area contributed by atoms with Gasteiger partial charge in [-0.2, -0.15) is 0 Å². The SMILES string of the molecule is Cc1ccc(C)c(-c2nc(CC(=O)O)c(Br)n2C)c1. The number of rotatable bonds is 3. The number of carboxylic acids is 1. The Bertz CT molecular complexity index is 647. The minimum Gasteiger partial charge on any atom is -0.481 e. The van der Waals surface area contributed by atoms with Crippen LogP contribution in [-0.2, 0) is 18.3 Å². The molecule has 19 heavy (non-hydrogen) atoms. The van der Waals surface area contributed by atoms with Gasteiger partial charge in [0.2, 0.25) is 0 Å². The molecule has 5 heteroatoms. The number of aryl methyl sites for hydroxylation is 2. The Morgan fingerprint density at radius 2 is 2.11 bits per heavy atom. The van der Waals surface area contributed by atoms with Gasteiger partial charge in [-0.1, -0.05) is 17.7 Å². The van der Waals surface area contributed by atoms with Crippen LogP contribution in [0.4, 0.5) is 0 Å². The molecule has 0 spiro atoms. The fourth-order valence-corrected chi connectivity index (χ4v) is 2.41. The highest BCUT2D eigenvalue weighted by atomic mass is 79.9. The second-order valence-electron chi connectivity index (χ2n) is 4.62. The van der Waals surface area contributed by atoms with Crippen LogP contribution in [0.25, 0.3) is 11.4 Å².